The van der Waals surface area contributed by atoms with Crippen molar-refractivity contribution in [1.82, 2.24) is 10.2 Å². The number of nitrogens with one attached hydrogen (secondary N) is 2. The van der Waals surface area contributed by atoms with E-state index in [4.69, 9.17) is 5.84 Å². The minimum Gasteiger partial charge on any atom is -0.345 e. The lowest BCUT2D eigenvalue weighted by molar-refractivity contribution is 0.696. The molecule has 1 aromatic heterocycles. The summed E-state index contributed by atoms with van der Waals surface area (Å²) in [6.07, 6.45) is 1.42. The molecule has 0 saturated carbocycles. The van der Waals surface area contributed by atoms with Gasteiger partial charge >= 0.3 is 0 Å². The molecule has 1 aliphatic heterocycles. The Morgan fingerprint density at radius 3 is 2.45 bits per heavy atom. The molecule has 29 heavy (non-hydrogen) atoms. The third-order valence-corrected chi connectivity index (χ3v) is 5.00. The maximum absolute atomic E-state index is 12.0. The Morgan fingerprint density at radius 2 is 1.62 bits per heavy atom. The summed E-state index contributed by atoms with van der Waals surface area (Å²) in [5, 5.41) is 13.1. The normalized spacial score (nSPS) is 15.0. The number of fused-ring (bicyclic) bond motifs is 2. The zero-order valence-electron chi connectivity index (χ0n) is 15.4. The number of nitrogens with two attached hydrogens (primary N) is 1. The second-order valence-electron chi connectivity index (χ2n) is 6.78. The topological polar surface area (TPSA) is 99.4 Å². The minimum atomic E-state index is -0.400. The van der Waals surface area contributed by atoms with Crippen molar-refractivity contribution in [2.75, 3.05) is 10.3 Å². The summed E-state index contributed by atoms with van der Waals surface area (Å²) in [5.41, 5.74) is 4.23. The maximum atomic E-state index is 12.0. The predicted octanol–water partition coefficient (Wildman–Crippen LogP) is 3.10. The van der Waals surface area contributed by atoms with Crippen LogP contribution in [0.4, 0.5) is 11.4 Å². The van der Waals surface area contributed by atoms with Crippen LogP contribution in [0.2, 0.25) is 0 Å². The second kappa shape index (κ2) is 6.88. The Bertz CT molecular complexity index is 1280. The Kier molecular flexibility index (Phi) is 4.07. The highest BCUT2D eigenvalue weighted by atomic mass is 16.1. The molecular formula is C22H18N6O. The van der Waals surface area contributed by atoms with Gasteiger partial charge in [-0.3, -0.25) is 9.80 Å². The number of aromatic nitrogens is 2. The van der Waals surface area contributed by atoms with E-state index in [1.54, 1.807) is 11.1 Å². The summed E-state index contributed by atoms with van der Waals surface area (Å²) in [6, 6.07) is 23.1. The van der Waals surface area contributed by atoms with E-state index in [1.165, 1.54) is 0 Å². The van der Waals surface area contributed by atoms with Gasteiger partial charge in [-0.25, -0.2) is 15.9 Å². The molecule has 0 saturated heterocycles. The largest absolute Gasteiger partial charge is 0.345 e. The van der Waals surface area contributed by atoms with Gasteiger partial charge in [-0.05, 0) is 24.3 Å². The van der Waals surface area contributed by atoms with Gasteiger partial charge < -0.3 is 5.32 Å². The monoisotopic (exact) mass is 382 g/mol. The summed E-state index contributed by atoms with van der Waals surface area (Å²) in [5.74, 6) is 6.32. The number of aliphatic imine (C=N–C) groups is 1. The fraction of sp³-hybridized carbons (Fsp3) is 0.0455. The van der Waals surface area contributed by atoms with Gasteiger partial charge in [0.25, 0.3) is 5.56 Å². The van der Waals surface area contributed by atoms with Crippen LogP contribution in [-0.2, 0) is 0 Å². The van der Waals surface area contributed by atoms with E-state index in [0.717, 1.165) is 33.6 Å². The van der Waals surface area contributed by atoms with Crippen molar-refractivity contribution in [1.29, 1.82) is 0 Å². The molecule has 1 aliphatic rings. The lowest BCUT2D eigenvalue weighted by Crippen LogP contribution is -2.46. The lowest BCUT2D eigenvalue weighted by Gasteiger charge is -2.30. The second-order valence-corrected chi connectivity index (χ2v) is 6.78. The van der Waals surface area contributed by atoms with Gasteiger partial charge in [-0.15, -0.1) is 0 Å². The molecule has 1 unspecified atom stereocenters. The van der Waals surface area contributed by atoms with Crippen molar-refractivity contribution in [3.63, 3.8) is 0 Å². The van der Waals surface area contributed by atoms with Crippen LogP contribution in [0.1, 0.15) is 5.56 Å². The molecule has 2 heterocycles. The molecular weight excluding hydrogens is 364 g/mol. The van der Waals surface area contributed by atoms with E-state index < -0.39 is 6.29 Å². The molecule has 5 rings (SSSR count). The molecule has 0 fully saturated rings. The van der Waals surface area contributed by atoms with Crippen molar-refractivity contribution in [2.24, 2.45) is 10.8 Å². The highest BCUT2D eigenvalue weighted by Crippen LogP contribution is 2.27. The fourth-order valence-electron chi connectivity index (χ4n) is 3.48. The molecule has 0 radical (unpaired) electrons. The van der Waals surface area contributed by atoms with Gasteiger partial charge in [0.2, 0.25) is 6.29 Å². The third kappa shape index (κ3) is 3.03. The predicted molar refractivity (Wildman–Crippen MR) is 116 cm³/mol. The Labute approximate surface area is 166 Å². The molecule has 7 heteroatoms. The van der Waals surface area contributed by atoms with Crippen LogP contribution in [0.25, 0.3) is 22.0 Å². The van der Waals surface area contributed by atoms with Crippen molar-refractivity contribution in [3.8, 4) is 11.3 Å². The highest BCUT2D eigenvalue weighted by Gasteiger charge is 2.19. The van der Waals surface area contributed by atoms with Gasteiger partial charge in [-0.1, -0.05) is 48.5 Å². The van der Waals surface area contributed by atoms with Gasteiger partial charge in [0.05, 0.1) is 16.8 Å². The van der Waals surface area contributed by atoms with E-state index in [0.29, 0.717) is 5.39 Å². The van der Waals surface area contributed by atoms with Gasteiger partial charge in [0.1, 0.15) is 0 Å². The van der Waals surface area contributed by atoms with Crippen LogP contribution in [0.3, 0.4) is 0 Å². The van der Waals surface area contributed by atoms with Gasteiger partial charge in [0, 0.05) is 28.4 Å². The summed E-state index contributed by atoms with van der Waals surface area (Å²) in [6.45, 7) is 0. The number of H-pyrrole nitrogens is 1. The van der Waals surface area contributed by atoms with Crippen LogP contribution >= 0.6 is 0 Å². The number of anilines is 2. The van der Waals surface area contributed by atoms with E-state index >= 15 is 0 Å². The van der Waals surface area contributed by atoms with Crippen molar-refractivity contribution < 1.29 is 0 Å². The Morgan fingerprint density at radius 1 is 0.897 bits per heavy atom. The summed E-state index contributed by atoms with van der Waals surface area (Å²) in [7, 11) is 0. The van der Waals surface area contributed by atoms with Crippen LogP contribution in [-0.4, -0.2) is 22.7 Å². The zero-order valence-corrected chi connectivity index (χ0v) is 15.4. The number of nitrogens with zero attached hydrogens (tertiary/aromatic N) is 3. The smallest absolute Gasteiger partial charge is 0.272 e. The number of hydrazine groups is 1. The number of para-hydroxylation sites is 1. The number of rotatable bonds is 3. The molecule has 0 aliphatic carbocycles. The number of benzene rings is 3. The molecule has 4 N–H and O–H groups in total. The van der Waals surface area contributed by atoms with Crippen LogP contribution in [0, 0.1) is 0 Å². The number of hydrogen-bond acceptors (Lipinski definition) is 6. The standard InChI is InChI=1S/C22H18N6O/c23-28(22-24-13-15-5-1-4-8-19(15)25-22)16-11-9-14(10-12-16)20-17-6-2-3-7-18(17)21(29)27-26-20/h1-13,22,25H,23H2,(H,27,29). The molecule has 0 amide bonds. The van der Waals surface area contributed by atoms with Crippen molar-refractivity contribution in [3.05, 3.63) is 88.7 Å². The molecule has 0 bridgehead atoms. The number of hydrogen-bond donors (Lipinski definition) is 3. The number of aromatic amines is 1. The van der Waals surface area contributed by atoms with Crippen LogP contribution < -0.4 is 21.7 Å². The maximum Gasteiger partial charge on any atom is 0.272 e. The van der Waals surface area contributed by atoms with Gasteiger partial charge in [0.15, 0.2) is 0 Å². The quantitative estimate of drug-likeness (QED) is 0.373. The molecule has 4 aromatic rings. The summed E-state index contributed by atoms with van der Waals surface area (Å²) >= 11 is 0. The highest BCUT2D eigenvalue weighted by molar-refractivity contribution is 5.94. The van der Waals surface area contributed by atoms with Crippen LogP contribution in [0.15, 0.2) is 82.6 Å². The third-order valence-electron chi connectivity index (χ3n) is 5.00. The minimum absolute atomic E-state index is 0.199. The molecule has 0 spiro atoms. The van der Waals surface area contributed by atoms with E-state index in [2.05, 4.69) is 20.5 Å². The zero-order chi connectivity index (χ0) is 19.8. The van der Waals surface area contributed by atoms with Gasteiger partial charge in [-0.2, -0.15) is 5.10 Å². The molecule has 7 nitrogen and oxygen atoms in total. The fourth-order valence-corrected chi connectivity index (χ4v) is 3.48. The average Bonchev–Trinajstić information content (AvgIpc) is 2.79. The Hall–Kier alpha value is -3.97. The first-order valence-electron chi connectivity index (χ1n) is 9.21. The van der Waals surface area contributed by atoms with E-state index in [9.17, 15) is 4.79 Å². The average molecular weight is 382 g/mol. The first-order valence-corrected chi connectivity index (χ1v) is 9.21. The van der Waals surface area contributed by atoms with E-state index in [1.807, 2.05) is 72.9 Å². The Balaban J connectivity index is 1.44. The molecule has 1 atom stereocenters. The van der Waals surface area contributed by atoms with Crippen molar-refractivity contribution in [2.45, 2.75) is 6.29 Å². The summed E-state index contributed by atoms with van der Waals surface area (Å²) in [4.78, 5) is 16.5. The van der Waals surface area contributed by atoms with Crippen molar-refractivity contribution >= 4 is 28.4 Å². The van der Waals surface area contributed by atoms with E-state index in [-0.39, 0.29) is 5.56 Å². The SMILES string of the molecule is NN(c1ccc(-c2n[nH]c(=O)c3ccccc23)cc1)C1N=Cc2ccccc2N1. The van der Waals surface area contributed by atoms with Crippen LogP contribution in [0.5, 0.6) is 0 Å². The molecule has 3 aromatic carbocycles. The summed E-state index contributed by atoms with van der Waals surface area (Å²) < 4.78 is 0. The first kappa shape index (κ1) is 17.2. The lowest BCUT2D eigenvalue weighted by atomic mass is 10.0. The first-order chi connectivity index (χ1) is 14.2. The molecule has 142 valence electrons.